The molecule has 0 spiro atoms. The molecule has 18 heavy (non-hydrogen) atoms. The predicted octanol–water partition coefficient (Wildman–Crippen LogP) is 2.70. The summed E-state index contributed by atoms with van der Waals surface area (Å²) >= 11 is 0. The molecule has 2 atom stereocenters. The van der Waals surface area contributed by atoms with Crippen LogP contribution in [-0.2, 0) is 6.54 Å². The van der Waals surface area contributed by atoms with Gasteiger partial charge in [-0.15, -0.1) is 0 Å². The Labute approximate surface area is 109 Å². The fourth-order valence-electron chi connectivity index (χ4n) is 3.62. The standard InChI is InChI=1S/C15H23N3/c16-10-12-7-8-15(17-11-12)18-9-3-5-13-4-1-2-6-14(13)18/h7-8,11,13-14H,1-6,9-10,16H2. The van der Waals surface area contributed by atoms with Gasteiger partial charge < -0.3 is 10.6 Å². The van der Waals surface area contributed by atoms with Gasteiger partial charge in [0.15, 0.2) is 0 Å². The molecule has 1 aromatic rings. The Hall–Kier alpha value is -1.09. The maximum absolute atomic E-state index is 5.63. The molecule has 3 heteroatoms. The minimum atomic E-state index is 0.583. The molecule has 1 saturated carbocycles. The molecule has 2 unspecified atom stereocenters. The van der Waals surface area contributed by atoms with Crippen molar-refractivity contribution in [1.82, 2.24) is 4.98 Å². The zero-order valence-electron chi connectivity index (χ0n) is 11.0. The van der Waals surface area contributed by atoms with Crippen LogP contribution in [0.4, 0.5) is 5.82 Å². The van der Waals surface area contributed by atoms with Crippen LogP contribution >= 0.6 is 0 Å². The van der Waals surface area contributed by atoms with Crippen molar-refractivity contribution in [1.29, 1.82) is 0 Å². The summed E-state index contributed by atoms with van der Waals surface area (Å²) < 4.78 is 0. The first-order chi connectivity index (χ1) is 8.88. The first kappa shape index (κ1) is 12.0. The van der Waals surface area contributed by atoms with Crippen molar-refractivity contribution in [3.63, 3.8) is 0 Å². The number of piperidine rings is 1. The van der Waals surface area contributed by atoms with E-state index in [2.05, 4.69) is 22.0 Å². The van der Waals surface area contributed by atoms with E-state index in [4.69, 9.17) is 5.73 Å². The van der Waals surface area contributed by atoms with E-state index >= 15 is 0 Å². The summed E-state index contributed by atoms with van der Waals surface area (Å²) in [5.74, 6) is 2.06. The maximum Gasteiger partial charge on any atom is 0.128 e. The molecule has 0 bridgehead atoms. The van der Waals surface area contributed by atoms with E-state index < -0.39 is 0 Å². The van der Waals surface area contributed by atoms with Crippen LogP contribution in [0.1, 0.15) is 44.1 Å². The Morgan fingerprint density at radius 3 is 2.78 bits per heavy atom. The van der Waals surface area contributed by atoms with Crippen molar-refractivity contribution in [3.05, 3.63) is 23.9 Å². The Balaban J connectivity index is 1.80. The highest BCUT2D eigenvalue weighted by molar-refractivity contribution is 5.41. The summed E-state index contributed by atoms with van der Waals surface area (Å²) in [6.45, 7) is 1.76. The van der Waals surface area contributed by atoms with Gasteiger partial charge in [-0.1, -0.05) is 18.9 Å². The summed E-state index contributed by atoms with van der Waals surface area (Å²) in [5.41, 5.74) is 6.75. The molecule has 1 aliphatic heterocycles. The van der Waals surface area contributed by atoms with Crippen molar-refractivity contribution in [3.8, 4) is 0 Å². The SMILES string of the molecule is NCc1ccc(N2CCCC3CCCCC32)nc1. The lowest BCUT2D eigenvalue weighted by Gasteiger charge is -2.44. The molecule has 2 N–H and O–H groups in total. The third kappa shape index (κ3) is 2.24. The van der Waals surface area contributed by atoms with Crippen LogP contribution in [-0.4, -0.2) is 17.6 Å². The van der Waals surface area contributed by atoms with E-state index in [1.54, 1.807) is 0 Å². The van der Waals surface area contributed by atoms with Gasteiger partial charge >= 0.3 is 0 Å². The van der Waals surface area contributed by atoms with Crippen molar-refractivity contribution in [2.24, 2.45) is 11.7 Å². The van der Waals surface area contributed by atoms with E-state index in [1.165, 1.54) is 45.1 Å². The number of aromatic nitrogens is 1. The van der Waals surface area contributed by atoms with Crippen molar-refractivity contribution < 1.29 is 0 Å². The zero-order chi connectivity index (χ0) is 12.4. The van der Waals surface area contributed by atoms with E-state index in [0.717, 1.165) is 23.3 Å². The highest BCUT2D eigenvalue weighted by Gasteiger charge is 2.33. The molecule has 1 saturated heterocycles. The van der Waals surface area contributed by atoms with Gasteiger partial charge in [0.1, 0.15) is 5.82 Å². The first-order valence-corrected chi connectivity index (χ1v) is 7.30. The third-order valence-corrected chi connectivity index (χ3v) is 4.58. The average molecular weight is 245 g/mol. The molecule has 0 aromatic carbocycles. The van der Waals surface area contributed by atoms with Crippen LogP contribution in [0, 0.1) is 5.92 Å². The third-order valence-electron chi connectivity index (χ3n) is 4.58. The van der Waals surface area contributed by atoms with E-state index in [1.807, 2.05) is 6.20 Å². The van der Waals surface area contributed by atoms with Crippen molar-refractivity contribution in [2.75, 3.05) is 11.4 Å². The number of fused-ring (bicyclic) bond motifs is 1. The number of hydrogen-bond acceptors (Lipinski definition) is 3. The van der Waals surface area contributed by atoms with Crippen LogP contribution in [0.3, 0.4) is 0 Å². The van der Waals surface area contributed by atoms with Crippen LogP contribution in [0.5, 0.6) is 0 Å². The molecule has 2 heterocycles. The van der Waals surface area contributed by atoms with Gasteiger partial charge in [-0.05, 0) is 43.2 Å². The Bertz CT molecular complexity index is 385. The van der Waals surface area contributed by atoms with Gasteiger partial charge in [-0.2, -0.15) is 0 Å². The number of nitrogens with two attached hydrogens (primary N) is 1. The van der Waals surface area contributed by atoms with E-state index in [0.29, 0.717) is 6.54 Å². The van der Waals surface area contributed by atoms with E-state index in [-0.39, 0.29) is 0 Å². The molecule has 1 aromatic heterocycles. The highest BCUT2D eigenvalue weighted by Crippen LogP contribution is 2.37. The summed E-state index contributed by atoms with van der Waals surface area (Å²) in [4.78, 5) is 7.16. The number of rotatable bonds is 2. The summed E-state index contributed by atoms with van der Waals surface area (Å²) in [6, 6.07) is 5.01. The lowest BCUT2D eigenvalue weighted by Crippen LogP contribution is -2.47. The maximum atomic E-state index is 5.63. The number of nitrogens with zero attached hydrogens (tertiary/aromatic N) is 2. The monoisotopic (exact) mass is 245 g/mol. The van der Waals surface area contributed by atoms with Crippen molar-refractivity contribution in [2.45, 2.75) is 51.1 Å². The van der Waals surface area contributed by atoms with Gasteiger partial charge in [0, 0.05) is 25.3 Å². The number of hydrogen-bond donors (Lipinski definition) is 1. The molecule has 3 nitrogen and oxygen atoms in total. The minimum absolute atomic E-state index is 0.583. The highest BCUT2D eigenvalue weighted by atomic mass is 15.2. The summed E-state index contributed by atoms with van der Waals surface area (Å²) in [6.07, 6.45) is 10.3. The largest absolute Gasteiger partial charge is 0.353 e. The Morgan fingerprint density at radius 2 is 2.00 bits per heavy atom. The average Bonchev–Trinajstić information content (AvgIpc) is 2.47. The quantitative estimate of drug-likeness (QED) is 0.871. The minimum Gasteiger partial charge on any atom is -0.353 e. The fraction of sp³-hybridized carbons (Fsp3) is 0.667. The van der Waals surface area contributed by atoms with Gasteiger partial charge in [0.25, 0.3) is 0 Å². The second-order valence-electron chi connectivity index (χ2n) is 5.68. The molecule has 0 amide bonds. The molecule has 1 aliphatic carbocycles. The number of pyridine rings is 1. The van der Waals surface area contributed by atoms with Crippen LogP contribution in [0.25, 0.3) is 0 Å². The smallest absolute Gasteiger partial charge is 0.128 e. The summed E-state index contributed by atoms with van der Waals surface area (Å²) in [5, 5.41) is 0. The molecule has 2 aliphatic rings. The zero-order valence-corrected chi connectivity index (χ0v) is 11.0. The van der Waals surface area contributed by atoms with Crippen LogP contribution in [0.2, 0.25) is 0 Å². The second kappa shape index (κ2) is 5.27. The van der Waals surface area contributed by atoms with E-state index in [9.17, 15) is 0 Å². The topological polar surface area (TPSA) is 42.1 Å². The molecular formula is C15H23N3. The fourth-order valence-corrected chi connectivity index (χ4v) is 3.62. The van der Waals surface area contributed by atoms with Crippen molar-refractivity contribution >= 4 is 5.82 Å². The Morgan fingerprint density at radius 1 is 1.17 bits per heavy atom. The molecule has 0 radical (unpaired) electrons. The first-order valence-electron chi connectivity index (χ1n) is 7.30. The molecular weight excluding hydrogens is 222 g/mol. The van der Waals surface area contributed by atoms with Crippen LogP contribution in [0.15, 0.2) is 18.3 Å². The van der Waals surface area contributed by atoms with Gasteiger partial charge in [-0.3, -0.25) is 0 Å². The lowest BCUT2D eigenvalue weighted by atomic mass is 9.78. The second-order valence-corrected chi connectivity index (χ2v) is 5.68. The lowest BCUT2D eigenvalue weighted by molar-refractivity contribution is 0.243. The molecule has 98 valence electrons. The molecule has 2 fully saturated rings. The normalized spacial score (nSPS) is 27.9. The molecule has 3 rings (SSSR count). The number of anilines is 1. The van der Waals surface area contributed by atoms with Gasteiger partial charge in [0.2, 0.25) is 0 Å². The Kier molecular flexibility index (Phi) is 3.50. The van der Waals surface area contributed by atoms with Gasteiger partial charge in [0.05, 0.1) is 0 Å². The predicted molar refractivity (Wildman–Crippen MR) is 74.5 cm³/mol. The van der Waals surface area contributed by atoms with Crippen LogP contribution < -0.4 is 10.6 Å². The summed E-state index contributed by atoms with van der Waals surface area (Å²) in [7, 11) is 0. The van der Waals surface area contributed by atoms with Gasteiger partial charge in [-0.25, -0.2) is 4.98 Å².